The summed E-state index contributed by atoms with van der Waals surface area (Å²) in [5.74, 6) is -0.245. The van der Waals surface area contributed by atoms with Crippen LogP contribution in [0.3, 0.4) is 0 Å². The van der Waals surface area contributed by atoms with E-state index in [0.717, 1.165) is 96.3 Å². The van der Waals surface area contributed by atoms with Gasteiger partial charge in [-0.1, -0.05) is 178 Å². The summed E-state index contributed by atoms with van der Waals surface area (Å²) in [7, 11) is 0. The predicted molar refractivity (Wildman–Crippen MR) is 274 cm³/mol. The lowest BCUT2D eigenvalue weighted by atomic mass is 9.99. The van der Waals surface area contributed by atoms with Gasteiger partial charge in [-0.05, 0) is 89.9 Å². The lowest BCUT2D eigenvalue weighted by molar-refractivity contribution is -0.302. The topological polar surface area (TPSA) is 175 Å². The van der Waals surface area contributed by atoms with Crippen LogP contribution in [0.1, 0.15) is 232 Å². The first-order chi connectivity index (χ1) is 32.7. The molecule has 0 saturated carbocycles. The second-order valence-corrected chi connectivity index (χ2v) is 18.9. The van der Waals surface area contributed by atoms with Crippen molar-refractivity contribution in [1.29, 1.82) is 0 Å². The minimum Gasteiger partial charge on any atom is -0.466 e. The van der Waals surface area contributed by atoms with Crippen molar-refractivity contribution in [3.05, 3.63) is 48.6 Å². The number of aliphatic hydroxyl groups is 5. The molecule has 0 aromatic heterocycles. The number of unbranched alkanes of at least 4 members (excludes halogenated alkanes) is 26. The van der Waals surface area contributed by atoms with E-state index in [1.54, 1.807) is 6.08 Å². The van der Waals surface area contributed by atoms with Gasteiger partial charge in [0.05, 0.1) is 32.0 Å². The van der Waals surface area contributed by atoms with Crippen molar-refractivity contribution in [1.82, 2.24) is 5.32 Å². The highest BCUT2D eigenvalue weighted by Crippen LogP contribution is 2.23. The van der Waals surface area contributed by atoms with Gasteiger partial charge in [0.25, 0.3) is 0 Å². The number of ether oxygens (including phenoxy) is 3. The average molecular weight is 948 g/mol. The Morgan fingerprint density at radius 2 is 1.01 bits per heavy atom. The Morgan fingerprint density at radius 3 is 1.57 bits per heavy atom. The van der Waals surface area contributed by atoms with Crippen LogP contribution in [0.5, 0.6) is 0 Å². The van der Waals surface area contributed by atoms with E-state index in [2.05, 4.69) is 55.6 Å². The van der Waals surface area contributed by atoms with E-state index in [0.29, 0.717) is 19.4 Å². The van der Waals surface area contributed by atoms with Crippen molar-refractivity contribution >= 4 is 11.9 Å². The third kappa shape index (κ3) is 36.3. The summed E-state index contributed by atoms with van der Waals surface area (Å²) < 4.78 is 16.6. The minimum atomic E-state index is -1.58. The minimum absolute atomic E-state index is 0.0443. The monoisotopic (exact) mass is 948 g/mol. The maximum absolute atomic E-state index is 13.0. The molecule has 7 atom stereocenters. The van der Waals surface area contributed by atoms with Crippen LogP contribution < -0.4 is 5.32 Å². The summed E-state index contributed by atoms with van der Waals surface area (Å²) in [5, 5.41) is 54.2. The summed E-state index contributed by atoms with van der Waals surface area (Å²) in [6.45, 7) is 4.22. The first-order valence-corrected chi connectivity index (χ1v) is 27.4. The Morgan fingerprint density at radius 1 is 0.552 bits per heavy atom. The molecule has 7 unspecified atom stereocenters. The Hall–Kier alpha value is -2.38. The second kappa shape index (κ2) is 46.0. The molecule has 1 aliphatic rings. The first-order valence-electron chi connectivity index (χ1n) is 27.4. The van der Waals surface area contributed by atoms with E-state index in [4.69, 9.17) is 14.2 Å². The summed E-state index contributed by atoms with van der Waals surface area (Å²) in [6, 6.07) is -0.822. The van der Waals surface area contributed by atoms with Gasteiger partial charge in [0.15, 0.2) is 6.29 Å². The third-order valence-corrected chi connectivity index (χ3v) is 12.7. The molecule has 1 aliphatic heterocycles. The highest BCUT2D eigenvalue weighted by Gasteiger charge is 2.44. The predicted octanol–water partition coefficient (Wildman–Crippen LogP) is 11.7. The summed E-state index contributed by atoms with van der Waals surface area (Å²) in [6.07, 6.45) is 46.2. The largest absolute Gasteiger partial charge is 0.466 e. The van der Waals surface area contributed by atoms with Crippen molar-refractivity contribution in [3.63, 3.8) is 0 Å². The molecule has 1 heterocycles. The van der Waals surface area contributed by atoms with Gasteiger partial charge in [0.2, 0.25) is 5.91 Å². The number of hydrogen-bond acceptors (Lipinski definition) is 10. The van der Waals surface area contributed by atoms with E-state index in [1.807, 2.05) is 6.08 Å². The standard InChI is InChI=1S/C56H101NO10/c1-3-5-7-9-11-13-22-26-30-34-38-42-49(59)48(47-66-56-55(64)54(63)53(62)50(46-58)67-56)57-51(60)43-39-35-31-27-24-20-18-16-15-17-19-21-25-29-33-37-41-45-65-52(61)44-40-36-32-28-23-14-12-10-8-6-4-2/h10,12,15,17,21,25,38,42,48-50,53-56,58-59,62-64H,3-9,11,13-14,16,18-20,22-24,26-37,39-41,43-47H2,1-2H3,(H,57,60)/b12-10-,17-15-,25-21-,42-38+. The molecular weight excluding hydrogens is 847 g/mol. The molecule has 1 saturated heterocycles. The van der Waals surface area contributed by atoms with Gasteiger partial charge >= 0.3 is 5.97 Å². The number of amides is 1. The van der Waals surface area contributed by atoms with Crippen LogP contribution in [-0.2, 0) is 23.8 Å². The fourth-order valence-electron chi connectivity index (χ4n) is 8.21. The molecule has 11 nitrogen and oxygen atoms in total. The molecule has 1 amide bonds. The molecule has 0 spiro atoms. The Balaban J connectivity index is 2.16. The molecule has 0 radical (unpaired) electrons. The molecule has 1 rings (SSSR count). The fraction of sp³-hybridized carbons (Fsp3) is 0.821. The molecule has 0 aliphatic carbocycles. The van der Waals surface area contributed by atoms with E-state index >= 15 is 0 Å². The van der Waals surface area contributed by atoms with Crippen LogP contribution in [0.2, 0.25) is 0 Å². The smallest absolute Gasteiger partial charge is 0.305 e. The van der Waals surface area contributed by atoms with Crippen molar-refractivity contribution in [2.75, 3.05) is 19.8 Å². The fourth-order valence-corrected chi connectivity index (χ4v) is 8.21. The highest BCUT2D eigenvalue weighted by molar-refractivity contribution is 5.76. The molecule has 67 heavy (non-hydrogen) atoms. The Kier molecular flexibility index (Phi) is 43.0. The summed E-state index contributed by atoms with van der Waals surface area (Å²) in [4.78, 5) is 25.0. The van der Waals surface area contributed by atoms with E-state index in [1.165, 1.54) is 109 Å². The summed E-state index contributed by atoms with van der Waals surface area (Å²) >= 11 is 0. The number of carbonyl (C=O) groups is 2. The maximum Gasteiger partial charge on any atom is 0.305 e. The molecular formula is C56H101NO10. The van der Waals surface area contributed by atoms with Crippen molar-refractivity contribution in [2.24, 2.45) is 0 Å². The summed E-state index contributed by atoms with van der Waals surface area (Å²) in [5.41, 5.74) is 0. The number of nitrogens with one attached hydrogen (secondary N) is 1. The molecule has 6 N–H and O–H groups in total. The van der Waals surface area contributed by atoms with Gasteiger partial charge in [0.1, 0.15) is 24.4 Å². The van der Waals surface area contributed by atoms with E-state index in [-0.39, 0.29) is 18.5 Å². The van der Waals surface area contributed by atoms with Gasteiger partial charge in [0, 0.05) is 12.8 Å². The lowest BCUT2D eigenvalue weighted by Gasteiger charge is -2.40. The normalized spacial score (nSPS) is 19.9. The first kappa shape index (κ1) is 62.6. The van der Waals surface area contributed by atoms with E-state index in [9.17, 15) is 35.1 Å². The SMILES string of the molecule is CCCC/C=C\CCCCCCCC(=O)OCCCCC/C=C\C/C=C\CCCCCCCCCC(=O)NC(COC1OC(CO)C(O)C(O)C1O)C(O)/C=C/CCCCCCCCCCC. The lowest BCUT2D eigenvalue weighted by Crippen LogP contribution is -2.60. The van der Waals surface area contributed by atoms with Gasteiger partial charge in [-0.15, -0.1) is 0 Å². The van der Waals surface area contributed by atoms with Gasteiger partial charge < -0.3 is 45.1 Å². The second-order valence-electron chi connectivity index (χ2n) is 18.9. The zero-order valence-electron chi connectivity index (χ0n) is 42.6. The van der Waals surface area contributed by atoms with Crippen molar-refractivity contribution < 1.29 is 49.3 Å². The number of rotatable bonds is 46. The number of esters is 1. The van der Waals surface area contributed by atoms with Crippen molar-refractivity contribution in [2.45, 2.75) is 275 Å². The Labute approximate surface area is 408 Å². The number of carbonyl (C=O) groups excluding carboxylic acids is 2. The zero-order chi connectivity index (χ0) is 48.8. The van der Waals surface area contributed by atoms with Crippen molar-refractivity contribution in [3.8, 4) is 0 Å². The zero-order valence-corrected chi connectivity index (χ0v) is 42.6. The van der Waals surface area contributed by atoms with Gasteiger partial charge in [-0.2, -0.15) is 0 Å². The average Bonchev–Trinajstić information content (AvgIpc) is 3.32. The Bertz CT molecular complexity index is 1250. The molecule has 11 heteroatoms. The number of aliphatic hydroxyl groups excluding tert-OH is 5. The quantitative estimate of drug-likeness (QED) is 0.0196. The van der Waals surface area contributed by atoms with Gasteiger partial charge in [-0.3, -0.25) is 9.59 Å². The molecule has 0 aromatic carbocycles. The van der Waals surface area contributed by atoms with Crippen LogP contribution in [0.15, 0.2) is 48.6 Å². The van der Waals surface area contributed by atoms with E-state index < -0.39 is 49.5 Å². The molecule has 0 aromatic rings. The molecule has 0 bridgehead atoms. The number of allylic oxidation sites excluding steroid dienone is 7. The van der Waals surface area contributed by atoms with Crippen LogP contribution in [0.25, 0.3) is 0 Å². The van der Waals surface area contributed by atoms with Crippen LogP contribution in [0.4, 0.5) is 0 Å². The van der Waals surface area contributed by atoms with Crippen LogP contribution in [-0.4, -0.2) is 100 Å². The van der Waals surface area contributed by atoms with Crippen LogP contribution in [0, 0.1) is 0 Å². The molecule has 390 valence electrons. The molecule has 1 fully saturated rings. The number of hydrogen-bond donors (Lipinski definition) is 6. The van der Waals surface area contributed by atoms with Crippen LogP contribution >= 0.6 is 0 Å². The third-order valence-electron chi connectivity index (χ3n) is 12.7. The van der Waals surface area contributed by atoms with Gasteiger partial charge in [-0.25, -0.2) is 0 Å². The highest BCUT2D eigenvalue weighted by atomic mass is 16.7. The maximum atomic E-state index is 13.0.